The summed E-state index contributed by atoms with van der Waals surface area (Å²) in [6.07, 6.45) is 7.41. The minimum absolute atomic E-state index is 0.0435. The van der Waals surface area contributed by atoms with Gasteiger partial charge >= 0.3 is 6.03 Å². The van der Waals surface area contributed by atoms with Crippen LogP contribution in [0.15, 0.2) is 24.5 Å². The van der Waals surface area contributed by atoms with E-state index in [0.29, 0.717) is 12.1 Å². The van der Waals surface area contributed by atoms with E-state index >= 15 is 0 Å². The minimum Gasteiger partial charge on any atom is -0.335 e. The van der Waals surface area contributed by atoms with Gasteiger partial charge in [-0.2, -0.15) is 5.53 Å². The molecular weight excluding hydrogens is 316 g/mol. The van der Waals surface area contributed by atoms with Crippen LogP contribution in [-0.2, 0) is 0 Å². The normalized spacial score (nSPS) is 27.4. The Hall–Kier alpha value is -1.70. The zero-order chi connectivity index (χ0) is 17.9. The van der Waals surface area contributed by atoms with Gasteiger partial charge in [-0.15, -0.1) is 0 Å². The van der Waals surface area contributed by atoms with Crippen LogP contribution in [0.2, 0.25) is 0 Å². The van der Waals surface area contributed by atoms with Crippen molar-refractivity contribution in [2.45, 2.75) is 70.6 Å². The molecular formula is C18H30N6O. The van der Waals surface area contributed by atoms with E-state index in [-0.39, 0.29) is 23.5 Å². The summed E-state index contributed by atoms with van der Waals surface area (Å²) in [5.41, 5.74) is 10.6. The molecule has 1 aromatic heterocycles. The molecule has 0 radical (unpaired) electrons. The molecule has 7 nitrogen and oxygen atoms in total. The first-order valence-corrected chi connectivity index (χ1v) is 9.14. The van der Waals surface area contributed by atoms with Gasteiger partial charge in [0.05, 0.1) is 6.04 Å². The van der Waals surface area contributed by atoms with Crippen molar-refractivity contribution in [3.05, 3.63) is 30.1 Å². The fourth-order valence-corrected chi connectivity index (χ4v) is 3.69. The van der Waals surface area contributed by atoms with E-state index in [1.54, 1.807) is 6.20 Å². The summed E-state index contributed by atoms with van der Waals surface area (Å²) in [7, 11) is 0. The molecule has 1 aliphatic carbocycles. The Morgan fingerprint density at radius 3 is 2.84 bits per heavy atom. The van der Waals surface area contributed by atoms with Crippen molar-refractivity contribution in [2.24, 2.45) is 5.41 Å². The number of hydrogen-bond acceptors (Lipinski definition) is 5. The molecule has 2 amide bonds. The van der Waals surface area contributed by atoms with Crippen LogP contribution in [-0.4, -0.2) is 29.1 Å². The van der Waals surface area contributed by atoms with Crippen LogP contribution in [0.1, 0.15) is 58.1 Å². The summed E-state index contributed by atoms with van der Waals surface area (Å²) in [6.45, 7) is 6.55. The molecule has 1 saturated carbocycles. The number of amides is 2. The quantitative estimate of drug-likeness (QED) is 0.573. The number of carbonyl (C=O) groups is 1. The Kier molecular flexibility index (Phi) is 5.56. The summed E-state index contributed by atoms with van der Waals surface area (Å²) in [5, 5.41) is 6.31. The van der Waals surface area contributed by atoms with Crippen LogP contribution in [0.5, 0.6) is 0 Å². The van der Waals surface area contributed by atoms with Crippen molar-refractivity contribution >= 4 is 6.03 Å². The smallest absolute Gasteiger partial charge is 0.315 e. The summed E-state index contributed by atoms with van der Waals surface area (Å²) < 4.78 is 0. The molecule has 4 unspecified atom stereocenters. The first-order valence-electron chi connectivity index (χ1n) is 9.14. The SMILES string of the molecule is CC(C)(C)CC(NC(=O)NC1CCC2NNNC2C1)c1cccnc1. The molecule has 0 spiro atoms. The molecule has 7 heteroatoms. The predicted octanol–water partition coefficient (Wildman–Crippen LogP) is 1.76. The maximum absolute atomic E-state index is 12.6. The number of urea groups is 1. The van der Waals surface area contributed by atoms with Crippen molar-refractivity contribution < 1.29 is 4.79 Å². The van der Waals surface area contributed by atoms with Gasteiger partial charge < -0.3 is 10.6 Å². The number of rotatable bonds is 4. The van der Waals surface area contributed by atoms with Gasteiger partial charge in [-0.25, -0.2) is 15.6 Å². The van der Waals surface area contributed by atoms with Crippen molar-refractivity contribution in [1.29, 1.82) is 0 Å². The number of carbonyl (C=O) groups excluding carboxylic acids is 1. The standard InChI is InChI=1S/C18H30N6O/c1-18(2,3)10-16(12-5-4-8-19-11-12)21-17(25)20-13-6-7-14-15(9-13)23-24-22-14/h4-5,8,11,13-16,22-24H,6-7,9-10H2,1-3H3,(H2,20,21,25). The van der Waals surface area contributed by atoms with Crippen LogP contribution < -0.4 is 27.0 Å². The number of aromatic nitrogens is 1. The van der Waals surface area contributed by atoms with Crippen molar-refractivity contribution in [1.82, 2.24) is 32.0 Å². The lowest BCUT2D eigenvalue weighted by atomic mass is 9.86. The molecule has 3 rings (SSSR count). The Morgan fingerprint density at radius 1 is 1.32 bits per heavy atom. The molecule has 2 fully saturated rings. The monoisotopic (exact) mass is 346 g/mol. The molecule has 1 saturated heterocycles. The van der Waals surface area contributed by atoms with Crippen LogP contribution in [0.25, 0.3) is 0 Å². The van der Waals surface area contributed by atoms with E-state index < -0.39 is 0 Å². The average molecular weight is 346 g/mol. The topological polar surface area (TPSA) is 90.1 Å². The van der Waals surface area contributed by atoms with Gasteiger partial charge in [0.15, 0.2) is 0 Å². The van der Waals surface area contributed by atoms with E-state index in [4.69, 9.17) is 0 Å². The molecule has 1 aliphatic heterocycles. The Bertz CT molecular complexity index is 573. The largest absolute Gasteiger partial charge is 0.335 e. The van der Waals surface area contributed by atoms with Gasteiger partial charge in [-0.1, -0.05) is 26.8 Å². The summed E-state index contributed by atoms with van der Waals surface area (Å²) >= 11 is 0. The molecule has 138 valence electrons. The lowest BCUT2D eigenvalue weighted by Gasteiger charge is -2.32. The second-order valence-electron chi connectivity index (χ2n) is 8.36. The Labute approximate surface area is 149 Å². The highest BCUT2D eigenvalue weighted by molar-refractivity contribution is 5.74. The van der Waals surface area contributed by atoms with Gasteiger partial charge in [0.1, 0.15) is 0 Å². The molecule has 25 heavy (non-hydrogen) atoms. The van der Waals surface area contributed by atoms with Crippen LogP contribution >= 0.6 is 0 Å². The van der Waals surface area contributed by atoms with Crippen LogP contribution in [0, 0.1) is 5.41 Å². The highest BCUT2D eigenvalue weighted by Gasteiger charge is 2.34. The number of hydrogen-bond donors (Lipinski definition) is 5. The van der Waals surface area contributed by atoms with Gasteiger partial charge in [-0.05, 0) is 42.7 Å². The van der Waals surface area contributed by atoms with E-state index in [1.807, 2.05) is 18.3 Å². The molecule has 4 atom stereocenters. The summed E-state index contributed by atoms with van der Waals surface area (Å²) in [5.74, 6) is 0. The van der Waals surface area contributed by atoms with E-state index in [9.17, 15) is 4.79 Å². The van der Waals surface area contributed by atoms with Crippen molar-refractivity contribution in [2.75, 3.05) is 0 Å². The first kappa shape index (κ1) is 18.1. The van der Waals surface area contributed by atoms with E-state index in [1.165, 1.54) is 0 Å². The lowest BCUT2D eigenvalue weighted by Crippen LogP contribution is -2.50. The molecule has 2 aliphatic rings. The third-order valence-corrected chi connectivity index (χ3v) is 4.91. The molecule has 5 N–H and O–H groups in total. The van der Waals surface area contributed by atoms with Crippen molar-refractivity contribution in [3.8, 4) is 0 Å². The van der Waals surface area contributed by atoms with Gasteiger partial charge in [0.2, 0.25) is 0 Å². The number of hydrazine groups is 2. The Morgan fingerprint density at radius 2 is 2.12 bits per heavy atom. The Balaban J connectivity index is 1.58. The zero-order valence-electron chi connectivity index (χ0n) is 15.3. The highest BCUT2D eigenvalue weighted by Crippen LogP contribution is 2.29. The maximum atomic E-state index is 12.6. The highest BCUT2D eigenvalue weighted by atomic mass is 16.2. The average Bonchev–Trinajstić information content (AvgIpc) is 3.01. The predicted molar refractivity (Wildman–Crippen MR) is 97.3 cm³/mol. The van der Waals surface area contributed by atoms with Gasteiger partial charge in [-0.3, -0.25) is 4.98 Å². The van der Waals surface area contributed by atoms with E-state index in [2.05, 4.69) is 52.8 Å². The van der Waals surface area contributed by atoms with Crippen molar-refractivity contribution in [3.63, 3.8) is 0 Å². The number of nitrogens with zero attached hydrogens (tertiary/aromatic N) is 1. The number of fused-ring (bicyclic) bond motifs is 1. The maximum Gasteiger partial charge on any atom is 0.315 e. The van der Waals surface area contributed by atoms with E-state index in [0.717, 1.165) is 31.2 Å². The molecule has 0 bridgehead atoms. The minimum atomic E-state index is -0.0968. The molecule has 1 aromatic rings. The third kappa shape index (κ3) is 5.14. The number of pyridine rings is 1. The lowest BCUT2D eigenvalue weighted by molar-refractivity contribution is 0.218. The fourth-order valence-electron chi connectivity index (χ4n) is 3.69. The van der Waals surface area contributed by atoms with Gasteiger partial charge in [0.25, 0.3) is 0 Å². The van der Waals surface area contributed by atoms with Gasteiger partial charge in [0, 0.05) is 30.5 Å². The summed E-state index contributed by atoms with van der Waals surface area (Å²) in [4.78, 5) is 16.8. The fraction of sp³-hybridized carbons (Fsp3) is 0.667. The summed E-state index contributed by atoms with van der Waals surface area (Å²) in [6, 6.07) is 4.80. The zero-order valence-corrected chi connectivity index (χ0v) is 15.3. The van der Waals surface area contributed by atoms with Crippen LogP contribution in [0.3, 0.4) is 0 Å². The first-order chi connectivity index (χ1) is 11.9. The third-order valence-electron chi connectivity index (χ3n) is 4.91. The number of nitrogens with one attached hydrogen (secondary N) is 5. The second kappa shape index (κ2) is 7.68. The second-order valence-corrected chi connectivity index (χ2v) is 8.36. The molecule has 0 aromatic carbocycles. The van der Waals surface area contributed by atoms with Crippen LogP contribution in [0.4, 0.5) is 4.79 Å². The molecule has 2 heterocycles.